The summed E-state index contributed by atoms with van der Waals surface area (Å²) in [6, 6.07) is 3.55. The fourth-order valence-electron chi connectivity index (χ4n) is 2.62. The summed E-state index contributed by atoms with van der Waals surface area (Å²) in [4.78, 5) is 10.1. The zero-order valence-corrected chi connectivity index (χ0v) is 12.2. The van der Waals surface area contributed by atoms with E-state index in [1.165, 1.54) is 0 Å². The largest absolute Gasteiger partial charge is 0.463 e. The van der Waals surface area contributed by atoms with E-state index in [0.717, 1.165) is 11.3 Å². The van der Waals surface area contributed by atoms with E-state index < -0.39 is 0 Å². The number of hydrogen-bond acceptors (Lipinski definition) is 9. The van der Waals surface area contributed by atoms with Gasteiger partial charge >= 0.3 is 0 Å². The summed E-state index contributed by atoms with van der Waals surface area (Å²) in [5, 5.41) is 14.0. The highest BCUT2D eigenvalue weighted by Gasteiger charge is 2.22. The molecule has 0 saturated heterocycles. The van der Waals surface area contributed by atoms with Crippen molar-refractivity contribution in [2.75, 3.05) is 10.7 Å². The number of fused-ring (bicyclic) bond motifs is 2. The lowest BCUT2D eigenvalue weighted by Gasteiger charge is -2.21. The lowest BCUT2D eigenvalue weighted by Crippen LogP contribution is -2.31. The van der Waals surface area contributed by atoms with Gasteiger partial charge in [0.1, 0.15) is 5.69 Å². The Kier molecular flexibility index (Phi) is 2.48. The molecule has 0 atom stereocenters. The number of anilines is 1. The minimum atomic E-state index is 0.115. The fourth-order valence-corrected chi connectivity index (χ4v) is 2.62. The van der Waals surface area contributed by atoms with Crippen molar-refractivity contribution in [1.82, 2.24) is 30.2 Å². The van der Waals surface area contributed by atoms with Crippen LogP contribution in [0, 0.1) is 0 Å². The normalized spacial score (nSPS) is 13.6. The topological polar surface area (TPSA) is 125 Å². The number of nitrogens with zero attached hydrogens (tertiary/aromatic N) is 7. The van der Waals surface area contributed by atoms with Crippen LogP contribution in [0.5, 0.6) is 0 Å². The summed E-state index contributed by atoms with van der Waals surface area (Å²) < 4.78 is 10.5. The molecule has 5 rings (SSSR count). The number of rotatable bonds is 2. The van der Waals surface area contributed by atoms with Gasteiger partial charge in [0.15, 0.2) is 17.0 Å². The van der Waals surface area contributed by atoms with Crippen LogP contribution in [0.25, 0.3) is 28.7 Å². The lowest BCUT2D eigenvalue weighted by atomic mass is 10.2. The van der Waals surface area contributed by atoms with E-state index in [0.29, 0.717) is 29.2 Å². The van der Waals surface area contributed by atoms with E-state index in [9.17, 15) is 0 Å². The molecule has 4 aromatic rings. The van der Waals surface area contributed by atoms with Gasteiger partial charge in [0.2, 0.25) is 11.6 Å². The molecule has 0 amide bonds. The van der Waals surface area contributed by atoms with Crippen LogP contribution in [0.1, 0.15) is 11.3 Å². The van der Waals surface area contributed by atoms with Crippen molar-refractivity contribution in [3.05, 3.63) is 42.1 Å². The molecule has 0 fully saturated rings. The fraction of sp³-hybridized carbons (Fsp3) is 0.0714. The van der Waals surface area contributed by atoms with Crippen LogP contribution >= 0.6 is 0 Å². The molecule has 4 aromatic heterocycles. The van der Waals surface area contributed by atoms with Crippen molar-refractivity contribution in [2.45, 2.75) is 6.54 Å². The first-order chi connectivity index (χ1) is 11.8. The molecule has 2 N–H and O–H groups in total. The van der Waals surface area contributed by atoms with Crippen molar-refractivity contribution in [3.63, 3.8) is 0 Å². The number of nitrogens with two attached hydrogens (primary N) is 1. The number of aromatic nitrogens is 6. The van der Waals surface area contributed by atoms with Crippen LogP contribution in [0.4, 0.5) is 5.95 Å². The van der Waals surface area contributed by atoms with Crippen molar-refractivity contribution >= 4 is 23.2 Å². The van der Waals surface area contributed by atoms with E-state index in [1.807, 2.05) is 11.2 Å². The second-order valence-corrected chi connectivity index (χ2v) is 5.19. The summed E-state index contributed by atoms with van der Waals surface area (Å²) in [5.41, 5.74) is 8.28. The third-order valence-electron chi connectivity index (χ3n) is 3.71. The molecule has 1 aliphatic heterocycles. The lowest BCUT2D eigenvalue weighted by molar-refractivity contribution is 0.410. The standard InChI is InChI=1S/C14H10N8O2/c15-14-17-11(10-2-1-5-23-10)12-13(18-14)22(20-19-12)21-4-3-9-8(7-21)6-16-24-9/h1-6H,7H2,(H2,15,17,18). The molecular weight excluding hydrogens is 312 g/mol. The Morgan fingerprint density at radius 3 is 3.08 bits per heavy atom. The molecule has 0 aliphatic carbocycles. The van der Waals surface area contributed by atoms with Crippen LogP contribution in [-0.2, 0) is 6.54 Å². The van der Waals surface area contributed by atoms with Crippen LogP contribution in [0.2, 0.25) is 0 Å². The number of furan rings is 1. The zero-order chi connectivity index (χ0) is 16.1. The number of hydrogen-bond donors (Lipinski definition) is 1. The van der Waals surface area contributed by atoms with E-state index in [1.54, 1.807) is 35.5 Å². The van der Waals surface area contributed by atoms with Crippen LogP contribution in [-0.4, -0.2) is 30.2 Å². The quantitative estimate of drug-likeness (QED) is 0.578. The number of nitrogen functional groups attached to an aromatic ring is 1. The van der Waals surface area contributed by atoms with Crippen molar-refractivity contribution in [2.24, 2.45) is 0 Å². The van der Waals surface area contributed by atoms with Gasteiger partial charge < -0.3 is 14.7 Å². The van der Waals surface area contributed by atoms with E-state index >= 15 is 0 Å². The zero-order valence-electron chi connectivity index (χ0n) is 12.2. The molecule has 5 heterocycles. The molecule has 0 radical (unpaired) electrons. The Bertz CT molecular complexity index is 1060. The maximum Gasteiger partial charge on any atom is 0.222 e. The minimum Gasteiger partial charge on any atom is -0.463 e. The third-order valence-corrected chi connectivity index (χ3v) is 3.71. The first-order valence-electron chi connectivity index (χ1n) is 7.11. The maximum atomic E-state index is 5.85. The molecule has 118 valence electrons. The minimum absolute atomic E-state index is 0.115. The highest BCUT2D eigenvalue weighted by atomic mass is 16.5. The first-order valence-corrected chi connectivity index (χ1v) is 7.11. The Morgan fingerprint density at radius 2 is 2.21 bits per heavy atom. The second-order valence-electron chi connectivity index (χ2n) is 5.19. The Labute approximate surface area is 134 Å². The molecular formula is C14H10N8O2. The summed E-state index contributed by atoms with van der Waals surface area (Å²) in [6.07, 6.45) is 6.84. The van der Waals surface area contributed by atoms with Gasteiger partial charge in [0.25, 0.3) is 0 Å². The Morgan fingerprint density at radius 1 is 1.25 bits per heavy atom. The smallest absolute Gasteiger partial charge is 0.222 e. The summed E-state index contributed by atoms with van der Waals surface area (Å²) in [6.45, 7) is 0.522. The van der Waals surface area contributed by atoms with Crippen LogP contribution in [0.3, 0.4) is 0 Å². The SMILES string of the molecule is Nc1nc(-c2ccco2)c2nnn(N3C=Cc4oncc4C3)c2n1. The van der Waals surface area contributed by atoms with Crippen molar-refractivity contribution in [3.8, 4) is 11.5 Å². The van der Waals surface area contributed by atoms with Crippen LogP contribution < -0.4 is 10.7 Å². The van der Waals surface area contributed by atoms with Crippen molar-refractivity contribution in [1.29, 1.82) is 0 Å². The van der Waals surface area contributed by atoms with Crippen LogP contribution in [0.15, 0.2) is 39.7 Å². The molecule has 0 bridgehead atoms. The van der Waals surface area contributed by atoms with Gasteiger partial charge in [-0.15, -0.1) is 9.89 Å². The molecule has 10 nitrogen and oxygen atoms in total. The van der Waals surface area contributed by atoms with Gasteiger partial charge in [-0.25, -0.2) is 4.98 Å². The molecule has 24 heavy (non-hydrogen) atoms. The molecule has 0 unspecified atom stereocenters. The second kappa shape index (κ2) is 4.65. The van der Waals surface area contributed by atoms with E-state index in [4.69, 9.17) is 14.7 Å². The molecule has 1 aliphatic rings. The summed E-state index contributed by atoms with van der Waals surface area (Å²) in [7, 11) is 0. The molecule has 0 spiro atoms. The predicted molar refractivity (Wildman–Crippen MR) is 82.7 cm³/mol. The van der Waals surface area contributed by atoms with Crippen molar-refractivity contribution < 1.29 is 8.94 Å². The van der Waals surface area contributed by atoms with Gasteiger partial charge in [0.05, 0.1) is 19.0 Å². The van der Waals surface area contributed by atoms with Gasteiger partial charge in [-0.2, -0.15) is 4.98 Å². The molecule has 10 heteroatoms. The van der Waals surface area contributed by atoms with Gasteiger partial charge in [-0.1, -0.05) is 5.16 Å². The Balaban J connectivity index is 1.66. The average molecular weight is 322 g/mol. The molecule has 0 saturated carbocycles. The highest BCUT2D eigenvalue weighted by molar-refractivity contribution is 5.86. The monoisotopic (exact) mass is 322 g/mol. The summed E-state index contributed by atoms with van der Waals surface area (Å²) in [5.74, 6) is 1.39. The third kappa shape index (κ3) is 1.79. The van der Waals surface area contributed by atoms with Gasteiger partial charge in [-0.3, -0.25) is 5.01 Å². The maximum absolute atomic E-state index is 5.85. The molecule has 0 aromatic carbocycles. The van der Waals surface area contributed by atoms with Gasteiger partial charge in [0, 0.05) is 17.8 Å². The average Bonchev–Trinajstić information content (AvgIpc) is 3.33. The first kappa shape index (κ1) is 12.8. The Hall–Kier alpha value is -3.69. The highest BCUT2D eigenvalue weighted by Crippen LogP contribution is 2.26. The van der Waals surface area contributed by atoms with E-state index in [2.05, 4.69) is 25.4 Å². The van der Waals surface area contributed by atoms with Gasteiger partial charge in [-0.05, 0) is 17.3 Å². The predicted octanol–water partition coefficient (Wildman–Crippen LogP) is 1.17. The summed E-state index contributed by atoms with van der Waals surface area (Å²) >= 11 is 0. The van der Waals surface area contributed by atoms with E-state index in [-0.39, 0.29) is 5.95 Å².